The summed E-state index contributed by atoms with van der Waals surface area (Å²) in [7, 11) is 0. The summed E-state index contributed by atoms with van der Waals surface area (Å²) in [6.45, 7) is 0. The molecule has 274 valence electrons. The van der Waals surface area contributed by atoms with Crippen LogP contribution in [0.4, 0.5) is 0 Å². The number of benzene rings is 10. The monoisotopic (exact) mass is 750 g/mol. The molecule has 59 heavy (non-hydrogen) atoms. The van der Waals surface area contributed by atoms with Crippen LogP contribution in [-0.2, 0) is 5.41 Å². The van der Waals surface area contributed by atoms with E-state index in [9.17, 15) is 0 Å². The molecule has 1 aromatic heterocycles. The molecule has 0 amide bonds. The smallest absolute Gasteiger partial charge is 0.136 e. The zero-order valence-corrected chi connectivity index (χ0v) is 31.9. The molecule has 0 bridgehead atoms. The Balaban J connectivity index is 1.14. The first-order chi connectivity index (χ1) is 29.3. The Morgan fingerprint density at radius 2 is 1.00 bits per heavy atom. The molecule has 10 aromatic carbocycles. The van der Waals surface area contributed by atoms with Crippen LogP contribution in [0.2, 0.25) is 0 Å². The standard InChI is InChI=1S/C57H34O2/c1-3-14-38(15-4-1)57(39-16-5-2-6-17-39)48-23-10-7-20-47(48)56-49(57)33-37-32-35(40-30-31-52-55-45(40)21-13-22-46(55)43-19-9-12-25-51(43)58-52)26-28-41(37)54(56)36-27-29-44-42-18-8-11-24-50(42)59-53(44)34-36/h1-34H. The summed E-state index contributed by atoms with van der Waals surface area (Å²) in [5, 5.41) is 6.98. The zero-order chi connectivity index (χ0) is 38.7. The maximum atomic E-state index is 6.56. The summed E-state index contributed by atoms with van der Waals surface area (Å²) in [6.07, 6.45) is 0. The van der Waals surface area contributed by atoms with E-state index in [0.29, 0.717) is 0 Å². The van der Waals surface area contributed by atoms with Gasteiger partial charge in [0.15, 0.2) is 0 Å². The van der Waals surface area contributed by atoms with E-state index in [2.05, 4.69) is 194 Å². The molecule has 0 atom stereocenters. The Hall–Kier alpha value is -7.68. The molecule has 0 N–H and O–H groups in total. The van der Waals surface area contributed by atoms with Gasteiger partial charge in [-0.05, 0) is 120 Å². The lowest BCUT2D eigenvalue weighted by atomic mass is 9.67. The number of para-hydroxylation sites is 2. The van der Waals surface area contributed by atoms with E-state index in [1.54, 1.807) is 0 Å². The SMILES string of the molecule is c1ccc(C2(c3ccccc3)c3ccccc3-c3c2cc2cc(-c4ccc5c6c(cccc46)-c4ccccc4O5)ccc2c3-c2ccc3c(c2)oc2ccccc23)cc1. The topological polar surface area (TPSA) is 22.4 Å². The first-order valence-electron chi connectivity index (χ1n) is 20.3. The predicted molar refractivity (Wildman–Crippen MR) is 242 cm³/mol. The molecule has 2 heteroatoms. The number of hydrogen-bond acceptors (Lipinski definition) is 2. The largest absolute Gasteiger partial charge is 0.456 e. The van der Waals surface area contributed by atoms with Crippen LogP contribution in [0.25, 0.3) is 88.0 Å². The fourth-order valence-corrected chi connectivity index (χ4v) is 10.5. The Morgan fingerprint density at radius 1 is 0.339 bits per heavy atom. The van der Waals surface area contributed by atoms with Gasteiger partial charge in [0.25, 0.3) is 0 Å². The highest BCUT2D eigenvalue weighted by molar-refractivity contribution is 6.14. The Bertz CT molecular complexity index is 3480. The number of rotatable bonds is 4. The molecule has 0 saturated heterocycles. The van der Waals surface area contributed by atoms with Gasteiger partial charge in [-0.3, -0.25) is 0 Å². The van der Waals surface area contributed by atoms with Gasteiger partial charge in [-0.15, -0.1) is 0 Å². The molecule has 0 unspecified atom stereocenters. The lowest BCUT2D eigenvalue weighted by Gasteiger charge is -2.34. The average Bonchev–Trinajstić information content (AvgIpc) is 3.82. The van der Waals surface area contributed by atoms with E-state index >= 15 is 0 Å². The van der Waals surface area contributed by atoms with Crippen LogP contribution < -0.4 is 4.74 Å². The third-order valence-electron chi connectivity index (χ3n) is 12.9. The van der Waals surface area contributed by atoms with Crippen molar-refractivity contribution in [3.63, 3.8) is 0 Å². The summed E-state index contributed by atoms with van der Waals surface area (Å²) in [4.78, 5) is 0. The molecule has 13 rings (SSSR count). The van der Waals surface area contributed by atoms with Crippen LogP contribution in [0.5, 0.6) is 11.5 Å². The molecule has 0 saturated carbocycles. The van der Waals surface area contributed by atoms with Crippen LogP contribution in [0.3, 0.4) is 0 Å². The van der Waals surface area contributed by atoms with Gasteiger partial charge >= 0.3 is 0 Å². The number of hydrogen-bond donors (Lipinski definition) is 0. The number of furan rings is 1. The van der Waals surface area contributed by atoms with E-state index in [1.165, 1.54) is 71.8 Å². The lowest BCUT2D eigenvalue weighted by Crippen LogP contribution is -2.28. The number of fused-ring (bicyclic) bond motifs is 9. The molecule has 0 fully saturated rings. The average molecular weight is 751 g/mol. The summed E-state index contributed by atoms with van der Waals surface area (Å²) >= 11 is 0. The van der Waals surface area contributed by atoms with Crippen molar-refractivity contribution in [1.82, 2.24) is 0 Å². The fourth-order valence-electron chi connectivity index (χ4n) is 10.5. The van der Waals surface area contributed by atoms with Gasteiger partial charge in [-0.25, -0.2) is 0 Å². The van der Waals surface area contributed by atoms with Crippen molar-refractivity contribution < 1.29 is 9.15 Å². The maximum Gasteiger partial charge on any atom is 0.136 e. The Kier molecular flexibility index (Phi) is 6.68. The van der Waals surface area contributed by atoms with Gasteiger partial charge in [0, 0.05) is 21.7 Å². The minimum absolute atomic E-state index is 0.554. The molecular weight excluding hydrogens is 717 g/mol. The summed E-state index contributed by atoms with van der Waals surface area (Å²) in [6, 6.07) is 75.2. The summed E-state index contributed by atoms with van der Waals surface area (Å²) in [5.41, 5.74) is 15.9. The minimum Gasteiger partial charge on any atom is -0.456 e. The Morgan fingerprint density at radius 3 is 1.85 bits per heavy atom. The van der Waals surface area contributed by atoms with Crippen molar-refractivity contribution in [3.8, 4) is 56.0 Å². The van der Waals surface area contributed by atoms with E-state index in [-0.39, 0.29) is 0 Å². The second-order valence-corrected chi connectivity index (χ2v) is 15.9. The molecule has 11 aromatic rings. The van der Waals surface area contributed by atoms with Crippen molar-refractivity contribution in [3.05, 3.63) is 229 Å². The van der Waals surface area contributed by atoms with Crippen LogP contribution >= 0.6 is 0 Å². The lowest BCUT2D eigenvalue weighted by molar-refractivity contribution is 0.487. The van der Waals surface area contributed by atoms with E-state index in [1.807, 2.05) is 12.1 Å². The first kappa shape index (κ1) is 32.4. The molecular formula is C57H34O2. The molecule has 0 radical (unpaired) electrons. The zero-order valence-electron chi connectivity index (χ0n) is 31.9. The maximum absolute atomic E-state index is 6.56. The van der Waals surface area contributed by atoms with Crippen LogP contribution in [0.15, 0.2) is 211 Å². The first-order valence-corrected chi connectivity index (χ1v) is 20.3. The highest BCUT2D eigenvalue weighted by atomic mass is 16.5. The van der Waals surface area contributed by atoms with E-state index in [0.717, 1.165) is 50.0 Å². The van der Waals surface area contributed by atoms with Gasteiger partial charge in [-0.1, -0.05) is 164 Å². The minimum atomic E-state index is -0.554. The molecule has 2 aliphatic rings. The van der Waals surface area contributed by atoms with Gasteiger partial charge in [0.05, 0.1) is 5.41 Å². The molecule has 2 heterocycles. The summed E-state index contributed by atoms with van der Waals surface area (Å²) in [5.74, 6) is 1.79. The van der Waals surface area contributed by atoms with E-state index < -0.39 is 5.41 Å². The summed E-state index contributed by atoms with van der Waals surface area (Å²) < 4.78 is 13.1. The van der Waals surface area contributed by atoms with Crippen molar-refractivity contribution >= 4 is 43.5 Å². The van der Waals surface area contributed by atoms with Gasteiger partial charge in [0.2, 0.25) is 0 Å². The van der Waals surface area contributed by atoms with Crippen LogP contribution in [-0.4, -0.2) is 0 Å². The van der Waals surface area contributed by atoms with Crippen molar-refractivity contribution in [1.29, 1.82) is 0 Å². The third kappa shape index (κ3) is 4.46. The third-order valence-corrected chi connectivity index (χ3v) is 12.9. The van der Waals surface area contributed by atoms with Crippen molar-refractivity contribution in [2.45, 2.75) is 5.41 Å². The van der Waals surface area contributed by atoms with E-state index in [4.69, 9.17) is 9.15 Å². The number of ether oxygens (including phenoxy) is 1. The van der Waals surface area contributed by atoms with Gasteiger partial charge in [-0.2, -0.15) is 0 Å². The van der Waals surface area contributed by atoms with Crippen molar-refractivity contribution in [2.24, 2.45) is 0 Å². The predicted octanol–water partition coefficient (Wildman–Crippen LogP) is 15.4. The second-order valence-electron chi connectivity index (χ2n) is 15.9. The van der Waals surface area contributed by atoms with Gasteiger partial charge < -0.3 is 9.15 Å². The van der Waals surface area contributed by atoms with Crippen molar-refractivity contribution in [2.75, 3.05) is 0 Å². The van der Waals surface area contributed by atoms with Crippen LogP contribution in [0.1, 0.15) is 22.3 Å². The fraction of sp³-hybridized carbons (Fsp3) is 0.0175. The second kappa shape index (κ2) is 12.2. The highest BCUT2D eigenvalue weighted by Crippen LogP contribution is 2.60. The molecule has 2 nitrogen and oxygen atoms in total. The molecule has 1 aliphatic carbocycles. The van der Waals surface area contributed by atoms with Crippen LogP contribution in [0, 0.1) is 0 Å². The quantitative estimate of drug-likeness (QED) is 0.179. The highest BCUT2D eigenvalue weighted by Gasteiger charge is 2.47. The molecule has 0 spiro atoms. The molecule has 1 aliphatic heterocycles. The normalized spacial score (nSPS) is 13.4. The Labute approximate surface area is 341 Å². The van der Waals surface area contributed by atoms with Gasteiger partial charge in [0.1, 0.15) is 22.7 Å².